The van der Waals surface area contributed by atoms with E-state index in [-0.39, 0.29) is 0 Å². The summed E-state index contributed by atoms with van der Waals surface area (Å²) >= 11 is 5.51. The van der Waals surface area contributed by atoms with Crippen LogP contribution in [0.25, 0.3) is 0 Å². The zero-order valence-corrected chi connectivity index (χ0v) is 15.2. The van der Waals surface area contributed by atoms with E-state index in [1.54, 1.807) is 7.11 Å². The Labute approximate surface area is 145 Å². The predicted octanol–water partition coefficient (Wildman–Crippen LogP) is 1.64. The smallest absolute Gasteiger partial charge is 0.169 e. The van der Waals surface area contributed by atoms with E-state index in [0.717, 1.165) is 56.6 Å². The van der Waals surface area contributed by atoms with E-state index in [1.807, 2.05) is 12.1 Å². The Morgan fingerprint density at radius 1 is 1.26 bits per heavy atom. The molecule has 1 aromatic rings. The zero-order valence-electron chi connectivity index (χ0n) is 14.4. The molecule has 0 aromatic heterocycles. The summed E-state index contributed by atoms with van der Waals surface area (Å²) in [6.45, 7) is 5.89. The van der Waals surface area contributed by atoms with Gasteiger partial charge in [0.05, 0.1) is 7.11 Å². The van der Waals surface area contributed by atoms with Gasteiger partial charge in [-0.2, -0.15) is 0 Å². The van der Waals surface area contributed by atoms with Crippen LogP contribution < -0.4 is 15.0 Å². The van der Waals surface area contributed by atoms with Crippen molar-refractivity contribution in [2.24, 2.45) is 0 Å². The summed E-state index contributed by atoms with van der Waals surface area (Å²) in [6.07, 6.45) is 1.11. The Balaban J connectivity index is 1.75. The number of nitrogens with one attached hydrogen (secondary N) is 1. The predicted molar refractivity (Wildman–Crippen MR) is 101 cm³/mol. The van der Waals surface area contributed by atoms with Crippen LogP contribution in [0.15, 0.2) is 24.3 Å². The van der Waals surface area contributed by atoms with Crippen molar-refractivity contribution in [3.05, 3.63) is 24.3 Å². The molecule has 1 aliphatic heterocycles. The first-order valence-corrected chi connectivity index (χ1v) is 8.57. The number of hydrogen-bond acceptors (Lipinski definition) is 4. The van der Waals surface area contributed by atoms with Gasteiger partial charge in [0.2, 0.25) is 0 Å². The molecule has 1 N–H and O–H groups in total. The summed E-state index contributed by atoms with van der Waals surface area (Å²) in [4.78, 5) is 6.84. The van der Waals surface area contributed by atoms with Gasteiger partial charge in [0.15, 0.2) is 5.11 Å². The molecule has 1 saturated heterocycles. The average molecular weight is 337 g/mol. The molecule has 0 amide bonds. The van der Waals surface area contributed by atoms with Gasteiger partial charge < -0.3 is 24.8 Å². The number of methoxy groups -OCH3 is 1. The van der Waals surface area contributed by atoms with Gasteiger partial charge in [0.25, 0.3) is 0 Å². The van der Waals surface area contributed by atoms with E-state index in [1.165, 1.54) is 5.69 Å². The number of hydrogen-bond donors (Lipinski definition) is 1. The molecule has 1 heterocycles. The number of nitrogens with zero attached hydrogens (tertiary/aromatic N) is 3. The van der Waals surface area contributed by atoms with Crippen LogP contribution in [0.4, 0.5) is 5.69 Å². The Bertz CT molecular complexity index is 501. The minimum absolute atomic E-state index is 0.883. The van der Waals surface area contributed by atoms with Crippen LogP contribution in [0.5, 0.6) is 5.75 Å². The van der Waals surface area contributed by atoms with Gasteiger partial charge in [-0.15, -0.1) is 0 Å². The molecule has 0 spiro atoms. The number of piperazine rings is 1. The maximum Gasteiger partial charge on any atom is 0.169 e. The first kappa shape index (κ1) is 17.8. The summed E-state index contributed by atoms with van der Waals surface area (Å²) in [6, 6.07) is 8.24. The molecule has 0 unspecified atom stereocenters. The second-order valence-corrected chi connectivity index (χ2v) is 6.45. The first-order valence-electron chi connectivity index (χ1n) is 8.16. The molecule has 128 valence electrons. The van der Waals surface area contributed by atoms with Gasteiger partial charge in [-0.05, 0) is 51.4 Å². The summed E-state index contributed by atoms with van der Waals surface area (Å²) in [7, 11) is 5.89. The Kier molecular flexibility index (Phi) is 6.92. The molecule has 0 atom stereocenters. The van der Waals surface area contributed by atoms with E-state index in [4.69, 9.17) is 17.0 Å². The molecule has 0 saturated carbocycles. The summed E-state index contributed by atoms with van der Waals surface area (Å²) in [5.41, 5.74) is 1.22. The van der Waals surface area contributed by atoms with E-state index >= 15 is 0 Å². The molecular weight excluding hydrogens is 308 g/mol. The van der Waals surface area contributed by atoms with E-state index in [2.05, 4.69) is 46.2 Å². The van der Waals surface area contributed by atoms with Crippen molar-refractivity contribution in [2.75, 3.05) is 65.4 Å². The van der Waals surface area contributed by atoms with Gasteiger partial charge in [-0.25, -0.2) is 0 Å². The summed E-state index contributed by atoms with van der Waals surface area (Å²) in [5, 5.41) is 4.26. The molecule has 5 nitrogen and oxygen atoms in total. The van der Waals surface area contributed by atoms with Crippen molar-refractivity contribution in [2.45, 2.75) is 6.42 Å². The highest BCUT2D eigenvalue weighted by molar-refractivity contribution is 7.80. The van der Waals surface area contributed by atoms with Gasteiger partial charge in [-0.3, -0.25) is 0 Å². The first-order chi connectivity index (χ1) is 11.1. The molecular formula is C17H28N4OS. The fourth-order valence-corrected chi connectivity index (χ4v) is 2.96. The largest absolute Gasteiger partial charge is 0.497 e. The molecule has 23 heavy (non-hydrogen) atoms. The molecule has 0 aliphatic carbocycles. The highest BCUT2D eigenvalue weighted by atomic mass is 32.1. The molecule has 0 bridgehead atoms. The minimum atomic E-state index is 0.883. The van der Waals surface area contributed by atoms with Crippen molar-refractivity contribution < 1.29 is 4.74 Å². The van der Waals surface area contributed by atoms with Crippen LogP contribution in [0, 0.1) is 0 Å². The maximum atomic E-state index is 5.51. The van der Waals surface area contributed by atoms with Crippen molar-refractivity contribution in [3.63, 3.8) is 0 Å². The van der Waals surface area contributed by atoms with Crippen LogP contribution in [-0.4, -0.2) is 75.4 Å². The Hall–Kier alpha value is -1.53. The third-order valence-corrected chi connectivity index (χ3v) is 4.45. The second kappa shape index (κ2) is 8.93. The fraction of sp³-hybridized carbons (Fsp3) is 0.588. The van der Waals surface area contributed by atoms with Gasteiger partial charge in [0.1, 0.15) is 5.75 Å². The van der Waals surface area contributed by atoms with Gasteiger partial charge in [0, 0.05) is 44.5 Å². The number of benzene rings is 1. The van der Waals surface area contributed by atoms with Crippen molar-refractivity contribution >= 4 is 23.0 Å². The lowest BCUT2D eigenvalue weighted by Gasteiger charge is -2.37. The van der Waals surface area contributed by atoms with E-state index < -0.39 is 0 Å². The van der Waals surface area contributed by atoms with Crippen LogP contribution >= 0.6 is 12.2 Å². The third-order valence-electron chi connectivity index (χ3n) is 4.04. The van der Waals surface area contributed by atoms with Gasteiger partial charge >= 0.3 is 0 Å². The lowest BCUT2D eigenvalue weighted by Crippen LogP contribution is -2.52. The lowest BCUT2D eigenvalue weighted by molar-refractivity contribution is 0.373. The quantitative estimate of drug-likeness (QED) is 0.628. The van der Waals surface area contributed by atoms with Gasteiger partial charge in [-0.1, -0.05) is 6.07 Å². The number of ether oxygens (including phenoxy) is 1. The Morgan fingerprint density at radius 3 is 2.65 bits per heavy atom. The number of rotatable bonds is 6. The van der Waals surface area contributed by atoms with Crippen LogP contribution in [0.3, 0.4) is 0 Å². The maximum absolute atomic E-state index is 5.51. The number of thiocarbonyl (C=S) groups is 1. The molecule has 0 radical (unpaired) electrons. The summed E-state index contributed by atoms with van der Waals surface area (Å²) < 4.78 is 5.31. The Morgan fingerprint density at radius 2 is 2.00 bits per heavy atom. The van der Waals surface area contributed by atoms with Crippen molar-refractivity contribution in [3.8, 4) is 5.75 Å². The van der Waals surface area contributed by atoms with E-state index in [0.29, 0.717) is 0 Å². The molecule has 6 heteroatoms. The normalized spacial score (nSPS) is 15.0. The molecule has 1 aliphatic rings. The minimum Gasteiger partial charge on any atom is -0.497 e. The topological polar surface area (TPSA) is 31.0 Å². The summed E-state index contributed by atoms with van der Waals surface area (Å²) in [5.74, 6) is 0.906. The standard InChI is InChI=1S/C17H28N4OS/c1-19(2)9-5-8-18-17(23)21-12-10-20(11-13-21)15-6-4-7-16(14-15)22-3/h4,6-7,14H,5,8-13H2,1-3H3,(H,18,23). The third kappa shape index (κ3) is 5.55. The van der Waals surface area contributed by atoms with Crippen LogP contribution in [-0.2, 0) is 0 Å². The van der Waals surface area contributed by atoms with Crippen LogP contribution in [0.1, 0.15) is 6.42 Å². The highest BCUT2D eigenvalue weighted by Crippen LogP contribution is 2.22. The highest BCUT2D eigenvalue weighted by Gasteiger charge is 2.19. The fourth-order valence-electron chi connectivity index (χ4n) is 2.68. The molecule has 1 aromatic carbocycles. The number of anilines is 1. The van der Waals surface area contributed by atoms with Crippen molar-refractivity contribution in [1.29, 1.82) is 0 Å². The second-order valence-electron chi connectivity index (χ2n) is 6.06. The van der Waals surface area contributed by atoms with Crippen molar-refractivity contribution in [1.82, 2.24) is 15.1 Å². The molecule has 1 fully saturated rings. The zero-order chi connectivity index (χ0) is 16.7. The van der Waals surface area contributed by atoms with Crippen LogP contribution in [0.2, 0.25) is 0 Å². The average Bonchev–Trinajstić information content (AvgIpc) is 2.58. The lowest BCUT2D eigenvalue weighted by atomic mass is 10.2. The molecule has 2 rings (SSSR count). The monoisotopic (exact) mass is 336 g/mol. The SMILES string of the molecule is COc1cccc(N2CCN(C(=S)NCCCN(C)C)CC2)c1. The van der Waals surface area contributed by atoms with E-state index in [9.17, 15) is 0 Å².